The molecule has 1 atom stereocenters. The van der Waals surface area contributed by atoms with Gasteiger partial charge >= 0.3 is 5.97 Å². The number of hydrogen-bond donors (Lipinski definition) is 0. The molecular formula is C16H28O3. The van der Waals surface area contributed by atoms with Gasteiger partial charge in [0.1, 0.15) is 11.7 Å². The maximum absolute atomic E-state index is 11.5. The molecule has 0 rings (SSSR count). The lowest BCUT2D eigenvalue weighted by atomic mass is 10.0. The fraction of sp³-hybridized carbons (Fsp3) is 0.750. The van der Waals surface area contributed by atoms with Crippen LogP contribution >= 0.6 is 0 Å². The van der Waals surface area contributed by atoms with Crippen LogP contribution in [0.1, 0.15) is 65.7 Å². The molecule has 0 radical (unpaired) electrons. The van der Waals surface area contributed by atoms with Crippen molar-refractivity contribution < 1.29 is 14.3 Å². The van der Waals surface area contributed by atoms with Crippen LogP contribution in [0.15, 0.2) is 12.2 Å². The van der Waals surface area contributed by atoms with Crippen LogP contribution in [0.4, 0.5) is 0 Å². The average molecular weight is 268 g/mol. The lowest BCUT2D eigenvalue weighted by molar-refractivity contribution is -0.150. The predicted molar refractivity (Wildman–Crippen MR) is 77.9 cm³/mol. The van der Waals surface area contributed by atoms with E-state index in [0.29, 0.717) is 13.0 Å². The minimum absolute atomic E-state index is 0.119. The zero-order valence-electron chi connectivity index (χ0n) is 12.6. The second-order valence-electron chi connectivity index (χ2n) is 4.83. The number of rotatable bonds is 11. The maximum atomic E-state index is 11.5. The number of Topliss-reactive ketones (excluding diaryl/α,β-unsaturated/α-hetero) is 1. The Morgan fingerprint density at radius 2 is 1.74 bits per heavy atom. The van der Waals surface area contributed by atoms with Crippen LogP contribution in [0.5, 0.6) is 0 Å². The number of esters is 1. The van der Waals surface area contributed by atoms with Crippen LogP contribution in [-0.4, -0.2) is 18.4 Å². The van der Waals surface area contributed by atoms with Crippen molar-refractivity contribution in [3.63, 3.8) is 0 Å². The van der Waals surface area contributed by atoms with Crippen LogP contribution in [-0.2, 0) is 14.3 Å². The summed E-state index contributed by atoms with van der Waals surface area (Å²) in [5.41, 5.74) is 0. The molecular weight excluding hydrogens is 240 g/mol. The van der Waals surface area contributed by atoms with Gasteiger partial charge in [-0.2, -0.15) is 0 Å². The molecule has 19 heavy (non-hydrogen) atoms. The van der Waals surface area contributed by atoms with E-state index >= 15 is 0 Å². The van der Waals surface area contributed by atoms with Crippen LogP contribution in [0, 0.1) is 5.92 Å². The third-order valence-electron chi connectivity index (χ3n) is 3.07. The van der Waals surface area contributed by atoms with E-state index in [0.717, 1.165) is 6.42 Å². The highest BCUT2D eigenvalue weighted by molar-refractivity contribution is 5.97. The molecule has 110 valence electrons. The van der Waals surface area contributed by atoms with E-state index in [-0.39, 0.29) is 5.78 Å². The molecule has 0 heterocycles. The van der Waals surface area contributed by atoms with Crippen LogP contribution in [0.25, 0.3) is 0 Å². The molecule has 0 aromatic carbocycles. The monoisotopic (exact) mass is 268 g/mol. The molecule has 0 bridgehead atoms. The Morgan fingerprint density at radius 3 is 2.32 bits per heavy atom. The van der Waals surface area contributed by atoms with Crippen molar-refractivity contribution in [2.75, 3.05) is 6.61 Å². The molecule has 0 aromatic heterocycles. The van der Waals surface area contributed by atoms with Gasteiger partial charge in [-0.15, -0.1) is 0 Å². The normalized spacial score (nSPS) is 12.6. The molecule has 0 saturated carbocycles. The van der Waals surface area contributed by atoms with E-state index in [1.807, 2.05) is 6.08 Å². The molecule has 0 amide bonds. The highest BCUT2D eigenvalue weighted by Gasteiger charge is 2.22. The Balaban J connectivity index is 3.85. The molecule has 3 heteroatoms. The van der Waals surface area contributed by atoms with Crippen LogP contribution < -0.4 is 0 Å². The molecule has 3 nitrogen and oxygen atoms in total. The van der Waals surface area contributed by atoms with E-state index in [1.165, 1.54) is 39.0 Å². The number of carbonyl (C=O) groups is 2. The Hall–Kier alpha value is -1.12. The van der Waals surface area contributed by atoms with E-state index in [2.05, 4.69) is 13.0 Å². The van der Waals surface area contributed by atoms with E-state index in [4.69, 9.17) is 4.74 Å². The van der Waals surface area contributed by atoms with E-state index in [1.54, 1.807) is 6.92 Å². The maximum Gasteiger partial charge on any atom is 0.316 e. The summed E-state index contributed by atoms with van der Waals surface area (Å²) in [5, 5.41) is 0. The summed E-state index contributed by atoms with van der Waals surface area (Å²) in [4.78, 5) is 22.9. The van der Waals surface area contributed by atoms with Gasteiger partial charge in [-0.05, 0) is 33.1 Å². The first-order chi connectivity index (χ1) is 9.13. The standard InChI is InChI=1S/C16H28O3/c1-4-6-7-8-9-10-11-12-13-15(14(3)17)16(18)19-5-2/h11-12,15H,4-10,13H2,1-3H3/b12-11+. The second-order valence-corrected chi connectivity index (χ2v) is 4.83. The molecule has 0 fully saturated rings. The van der Waals surface area contributed by atoms with Gasteiger partial charge in [0.2, 0.25) is 0 Å². The minimum Gasteiger partial charge on any atom is -0.465 e. The van der Waals surface area contributed by atoms with Gasteiger partial charge in [0.15, 0.2) is 0 Å². The minimum atomic E-state index is -0.628. The summed E-state index contributed by atoms with van der Waals surface area (Å²) in [6, 6.07) is 0. The van der Waals surface area contributed by atoms with Gasteiger partial charge in [-0.1, -0.05) is 44.8 Å². The summed E-state index contributed by atoms with van der Waals surface area (Å²) >= 11 is 0. The Bertz CT molecular complexity index is 282. The van der Waals surface area contributed by atoms with Gasteiger partial charge in [0.25, 0.3) is 0 Å². The smallest absolute Gasteiger partial charge is 0.316 e. The fourth-order valence-electron chi connectivity index (χ4n) is 1.89. The number of unbranched alkanes of at least 4 members (excludes halogenated alkanes) is 5. The first-order valence-corrected chi connectivity index (χ1v) is 7.45. The van der Waals surface area contributed by atoms with Crippen molar-refractivity contribution >= 4 is 11.8 Å². The van der Waals surface area contributed by atoms with Crippen molar-refractivity contribution in [3.8, 4) is 0 Å². The quantitative estimate of drug-likeness (QED) is 0.246. The summed E-state index contributed by atoms with van der Waals surface area (Å²) < 4.78 is 4.89. The topological polar surface area (TPSA) is 43.4 Å². The highest BCUT2D eigenvalue weighted by atomic mass is 16.5. The molecule has 0 spiro atoms. The van der Waals surface area contributed by atoms with Crippen LogP contribution in [0.2, 0.25) is 0 Å². The average Bonchev–Trinajstić information content (AvgIpc) is 2.36. The SMILES string of the molecule is CCCCCCC/C=C/CC(C(C)=O)C(=O)OCC. The second kappa shape index (κ2) is 11.9. The van der Waals surface area contributed by atoms with Crippen molar-refractivity contribution in [2.45, 2.75) is 65.7 Å². The number of hydrogen-bond acceptors (Lipinski definition) is 3. The predicted octanol–water partition coefficient (Wildman–Crippen LogP) is 4.06. The number of ketones is 1. The van der Waals surface area contributed by atoms with Gasteiger partial charge in [-0.3, -0.25) is 9.59 Å². The Labute approximate surface area is 117 Å². The summed E-state index contributed by atoms with van der Waals surface area (Å²) in [5.74, 6) is -1.15. The lowest BCUT2D eigenvalue weighted by Gasteiger charge is -2.09. The largest absolute Gasteiger partial charge is 0.465 e. The molecule has 0 N–H and O–H groups in total. The van der Waals surface area contributed by atoms with Crippen LogP contribution in [0.3, 0.4) is 0 Å². The molecule has 0 aliphatic carbocycles. The zero-order valence-corrected chi connectivity index (χ0v) is 12.6. The third-order valence-corrected chi connectivity index (χ3v) is 3.07. The molecule has 0 aromatic rings. The number of carbonyl (C=O) groups excluding carboxylic acids is 2. The number of allylic oxidation sites excluding steroid dienone is 2. The third kappa shape index (κ3) is 9.46. The first kappa shape index (κ1) is 17.9. The zero-order chi connectivity index (χ0) is 14.5. The lowest BCUT2D eigenvalue weighted by Crippen LogP contribution is -2.23. The Kier molecular flexibility index (Phi) is 11.2. The molecule has 0 aliphatic rings. The van der Waals surface area contributed by atoms with Gasteiger partial charge in [0, 0.05) is 0 Å². The van der Waals surface area contributed by atoms with Gasteiger partial charge in [-0.25, -0.2) is 0 Å². The summed E-state index contributed by atoms with van der Waals surface area (Å²) in [7, 11) is 0. The molecule has 0 saturated heterocycles. The van der Waals surface area contributed by atoms with Gasteiger partial charge in [0.05, 0.1) is 6.61 Å². The summed E-state index contributed by atoms with van der Waals surface area (Å²) in [6.07, 6.45) is 11.8. The van der Waals surface area contributed by atoms with Crippen molar-refractivity contribution in [1.82, 2.24) is 0 Å². The van der Waals surface area contributed by atoms with Crippen molar-refractivity contribution in [1.29, 1.82) is 0 Å². The van der Waals surface area contributed by atoms with Crippen molar-refractivity contribution in [3.05, 3.63) is 12.2 Å². The summed E-state index contributed by atoms with van der Waals surface area (Å²) in [6.45, 7) is 5.72. The van der Waals surface area contributed by atoms with Gasteiger partial charge < -0.3 is 4.74 Å². The van der Waals surface area contributed by atoms with Crippen molar-refractivity contribution in [2.24, 2.45) is 5.92 Å². The molecule has 0 aliphatic heterocycles. The molecule has 1 unspecified atom stereocenters. The highest BCUT2D eigenvalue weighted by Crippen LogP contribution is 2.10. The fourth-order valence-corrected chi connectivity index (χ4v) is 1.89. The van der Waals surface area contributed by atoms with E-state index < -0.39 is 11.9 Å². The Morgan fingerprint density at radius 1 is 1.05 bits per heavy atom. The number of ether oxygens (including phenoxy) is 1. The van der Waals surface area contributed by atoms with E-state index in [9.17, 15) is 9.59 Å². The first-order valence-electron chi connectivity index (χ1n) is 7.45.